The van der Waals surface area contributed by atoms with E-state index in [-0.39, 0.29) is 28.3 Å². The van der Waals surface area contributed by atoms with E-state index < -0.39 is 12.3 Å². The van der Waals surface area contributed by atoms with Crippen LogP contribution in [-0.4, -0.2) is 53.4 Å². The zero-order valence-corrected chi connectivity index (χ0v) is 28.0. The fourth-order valence-electron chi connectivity index (χ4n) is 6.25. The number of allylic oxidation sites excluding steroid dienone is 1. The van der Waals surface area contributed by atoms with Crippen molar-refractivity contribution in [2.75, 3.05) is 26.2 Å². The third-order valence-electron chi connectivity index (χ3n) is 9.01. The summed E-state index contributed by atoms with van der Waals surface area (Å²) >= 11 is 0. The summed E-state index contributed by atoms with van der Waals surface area (Å²) in [5, 5.41) is 5.21. The van der Waals surface area contributed by atoms with Gasteiger partial charge in [0, 0.05) is 55.5 Å². The lowest BCUT2D eigenvalue weighted by Crippen LogP contribution is -2.48. The molecule has 1 atom stereocenters. The number of rotatable bonds is 10. The molecule has 1 unspecified atom stereocenters. The lowest BCUT2D eigenvalue weighted by molar-refractivity contribution is -0.117. The van der Waals surface area contributed by atoms with Gasteiger partial charge in [-0.2, -0.15) is 0 Å². The van der Waals surface area contributed by atoms with Crippen molar-refractivity contribution in [2.24, 2.45) is 11.3 Å². The van der Waals surface area contributed by atoms with E-state index in [0.717, 1.165) is 30.5 Å². The van der Waals surface area contributed by atoms with Crippen molar-refractivity contribution < 1.29 is 23.1 Å². The minimum atomic E-state index is -2.97. The Kier molecular flexibility index (Phi) is 9.78. The minimum Gasteiger partial charge on any atom is -0.457 e. The van der Waals surface area contributed by atoms with Gasteiger partial charge in [0.25, 0.3) is 17.7 Å². The number of piperidine rings is 1. The second-order valence-corrected chi connectivity index (χ2v) is 14.2. The molecule has 2 aliphatic heterocycles. The van der Waals surface area contributed by atoms with Gasteiger partial charge in [-0.15, -0.1) is 6.58 Å². The first-order valence-corrected chi connectivity index (χ1v) is 16.3. The van der Waals surface area contributed by atoms with Gasteiger partial charge in [-0.3, -0.25) is 9.59 Å². The van der Waals surface area contributed by atoms with Gasteiger partial charge in [0.15, 0.2) is 0 Å². The lowest BCUT2D eigenvalue weighted by Gasteiger charge is -2.35. The van der Waals surface area contributed by atoms with Gasteiger partial charge < -0.3 is 20.0 Å². The molecular formula is C38H46F2N4O3. The van der Waals surface area contributed by atoms with E-state index >= 15 is 0 Å². The van der Waals surface area contributed by atoms with Crippen molar-refractivity contribution in [1.82, 2.24) is 20.7 Å². The molecule has 2 aromatic rings. The van der Waals surface area contributed by atoms with Crippen molar-refractivity contribution in [3.05, 3.63) is 107 Å². The molecule has 0 radical (unpaired) electrons. The molecule has 2 heterocycles. The summed E-state index contributed by atoms with van der Waals surface area (Å²) in [4.78, 5) is 28.1. The highest BCUT2D eigenvalue weighted by molar-refractivity contribution is 5.98. The predicted molar refractivity (Wildman–Crippen MR) is 181 cm³/mol. The van der Waals surface area contributed by atoms with Crippen molar-refractivity contribution in [3.63, 3.8) is 0 Å². The fraction of sp³-hybridized carbons (Fsp3) is 0.421. The van der Waals surface area contributed by atoms with Crippen LogP contribution < -0.4 is 15.5 Å². The van der Waals surface area contributed by atoms with Crippen LogP contribution in [0.15, 0.2) is 96.3 Å². The number of carbonyl (C=O) groups is 2. The Morgan fingerprint density at radius 1 is 1.06 bits per heavy atom. The molecule has 7 nitrogen and oxygen atoms in total. The van der Waals surface area contributed by atoms with Gasteiger partial charge in [-0.05, 0) is 97.7 Å². The van der Waals surface area contributed by atoms with E-state index in [4.69, 9.17) is 4.74 Å². The van der Waals surface area contributed by atoms with Gasteiger partial charge in [0.2, 0.25) is 0 Å². The Labute approximate surface area is 277 Å². The summed E-state index contributed by atoms with van der Waals surface area (Å²) in [6, 6.07) is 12.6. The van der Waals surface area contributed by atoms with Crippen molar-refractivity contribution in [2.45, 2.75) is 65.3 Å². The van der Waals surface area contributed by atoms with E-state index in [0.29, 0.717) is 48.2 Å². The van der Waals surface area contributed by atoms with Crippen LogP contribution in [0.1, 0.15) is 69.8 Å². The molecule has 47 heavy (non-hydrogen) atoms. The molecule has 250 valence electrons. The standard InChI is InChI=1S/C38H46F2N4O3/c1-7-19-38(39,40)29-10-14-31(15-11-29)47-30-12-8-28(9-13-30)35(46)43-21-17-27(18-22-43)23-44-24-33-26(2)32(16-20-37(33,6)42-44)34(45)41-25-36(3,4)5/h7-16,20,24,27,42H,1,17-19,21-23,25H2,2-6H3,(H,41,45). The average molecular weight is 645 g/mol. The Morgan fingerprint density at radius 2 is 1.68 bits per heavy atom. The van der Waals surface area contributed by atoms with E-state index in [1.54, 1.807) is 24.3 Å². The second-order valence-electron chi connectivity index (χ2n) is 14.2. The molecule has 0 saturated carbocycles. The topological polar surface area (TPSA) is 73.9 Å². The number of ether oxygens (including phenoxy) is 1. The van der Waals surface area contributed by atoms with Crippen LogP contribution in [0.3, 0.4) is 0 Å². The number of hydrazine groups is 1. The molecule has 1 aliphatic carbocycles. The first kappa shape index (κ1) is 34.1. The zero-order chi connectivity index (χ0) is 34.0. The van der Waals surface area contributed by atoms with Crippen LogP contribution in [0.25, 0.3) is 0 Å². The third-order valence-corrected chi connectivity index (χ3v) is 9.01. The number of alkyl halides is 2. The largest absolute Gasteiger partial charge is 0.457 e. The van der Waals surface area contributed by atoms with Crippen molar-refractivity contribution in [1.29, 1.82) is 0 Å². The van der Waals surface area contributed by atoms with E-state index in [2.05, 4.69) is 62.3 Å². The predicted octanol–water partition coefficient (Wildman–Crippen LogP) is 7.51. The van der Waals surface area contributed by atoms with Crippen molar-refractivity contribution >= 4 is 11.8 Å². The molecule has 2 amide bonds. The monoisotopic (exact) mass is 644 g/mol. The van der Waals surface area contributed by atoms with Crippen LogP contribution in [0.2, 0.25) is 0 Å². The first-order chi connectivity index (χ1) is 22.2. The smallest absolute Gasteiger partial charge is 0.276 e. The third kappa shape index (κ3) is 8.01. The maximum absolute atomic E-state index is 14.1. The number of likely N-dealkylation sites (tertiary alicyclic amines) is 1. The molecule has 1 saturated heterocycles. The number of hydrogen-bond donors (Lipinski definition) is 2. The quantitative estimate of drug-likeness (QED) is 0.262. The normalized spacial score (nSPS) is 20.2. The molecule has 2 aromatic carbocycles. The molecule has 0 bridgehead atoms. The Bertz CT molecular complexity index is 1580. The molecule has 0 aromatic heterocycles. The SMILES string of the molecule is C=CCC(F)(F)c1ccc(Oc2ccc(C(=O)N3CCC(CN4C=C5C(C)=C(C(=O)NCC(C)(C)C)C=CC5(C)N4)CC3)cc2)cc1. The van der Waals surface area contributed by atoms with Crippen LogP contribution in [-0.2, 0) is 10.7 Å². The number of nitrogens with one attached hydrogen (secondary N) is 2. The van der Waals surface area contributed by atoms with Gasteiger partial charge >= 0.3 is 0 Å². The highest BCUT2D eigenvalue weighted by Gasteiger charge is 2.39. The summed E-state index contributed by atoms with van der Waals surface area (Å²) in [6.45, 7) is 16.6. The van der Waals surface area contributed by atoms with Gasteiger partial charge in [0.05, 0.1) is 5.54 Å². The van der Waals surface area contributed by atoms with Crippen LogP contribution in [0.5, 0.6) is 11.5 Å². The molecular weight excluding hydrogens is 598 g/mol. The summed E-state index contributed by atoms with van der Waals surface area (Å²) < 4.78 is 34.0. The van der Waals surface area contributed by atoms with E-state index in [1.165, 1.54) is 30.3 Å². The lowest BCUT2D eigenvalue weighted by atomic mass is 9.81. The van der Waals surface area contributed by atoms with Crippen LogP contribution in [0, 0.1) is 11.3 Å². The number of benzene rings is 2. The summed E-state index contributed by atoms with van der Waals surface area (Å²) in [6.07, 6.45) is 8.67. The summed E-state index contributed by atoms with van der Waals surface area (Å²) in [5.41, 5.74) is 6.53. The van der Waals surface area contributed by atoms with Crippen LogP contribution >= 0.6 is 0 Å². The Balaban J connectivity index is 1.12. The molecule has 3 aliphatic rings. The van der Waals surface area contributed by atoms with Gasteiger partial charge in [0.1, 0.15) is 11.5 Å². The molecule has 9 heteroatoms. The van der Waals surface area contributed by atoms with Gasteiger partial charge in [-0.25, -0.2) is 14.2 Å². The first-order valence-electron chi connectivity index (χ1n) is 16.3. The van der Waals surface area contributed by atoms with Crippen LogP contribution in [0.4, 0.5) is 8.78 Å². The molecule has 1 fully saturated rings. The number of carbonyl (C=O) groups excluding carboxylic acids is 2. The number of nitrogens with zero attached hydrogens (tertiary/aromatic N) is 2. The minimum absolute atomic E-state index is 0.00902. The summed E-state index contributed by atoms with van der Waals surface area (Å²) in [5.74, 6) is -1.68. The van der Waals surface area contributed by atoms with E-state index in [1.807, 2.05) is 17.9 Å². The maximum atomic E-state index is 14.1. The molecule has 2 N–H and O–H groups in total. The second kappa shape index (κ2) is 13.5. The highest BCUT2D eigenvalue weighted by Crippen LogP contribution is 2.38. The fourth-order valence-corrected chi connectivity index (χ4v) is 6.25. The average Bonchev–Trinajstić information content (AvgIpc) is 3.37. The number of hydrogen-bond acceptors (Lipinski definition) is 5. The number of halogens is 2. The summed E-state index contributed by atoms with van der Waals surface area (Å²) in [7, 11) is 0. The van der Waals surface area contributed by atoms with Crippen molar-refractivity contribution in [3.8, 4) is 11.5 Å². The molecule has 5 rings (SSSR count). The maximum Gasteiger partial charge on any atom is 0.276 e. The number of fused-ring (bicyclic) bond motifs is 1. The Hall–Kier alpha value is -4.24. The van der Waals surface area contributed by atoms with Gasteiger partial charge in [-0.1, -0.05) is 39.0 Å². The Morgan fingerprint density at radius 3 is 2.28 bits per heavy atom. The molecule has 0 spiro atoms. The van der Waals surface area contributed by atoms with E-state index in [9.17, 15) is 18.4 Å². The highest BCUT2D eigenvalue weighted by atomic mass is 19.3. The zero-order valence-electron chi connectivity index (χ0n) is 28.0. The number of amides is 2.